The van der Waals surface area contributed by atoms with Crippen molar-refractivity contribution in [1.82, 2.24) is 0 Å². The third-order valence-electron chi connectivity index (χ3n) is 1.70. The molecule has 0 amide bonds. The Morgan fingerprint density at radius 2 is 2.15 bits per heavy atom. The van der Waals surface area contributed by atoms with Gasteiger partial charge < -0.3 is 9.47 Å². The van der Waals surface area contributed by atoms with Gasteiger partial charge in [-0.3, -0.25) is 4.99 Å². The molecule has 13 heavy (non-hydrogen) atoms. The fourth-order valence-electron chi connectivity index (χ4n) is 1.08. The first kappa shape index (κ1) is 7.86. The lowest BCUT2D eigenvalue weighted by atomic mass is 10.3. The van der Waals surface area contributed by atoms with Gasteiger partial charge in [-0.2, -0.15) is 0 Å². The van der Waals surface area contributed by atoms with Gasteiger partial charge in [-0.05, 0) is 12.1 Å². The molecule has 66 valence electrons. The standard InChI is InChI=1S/C10H9NO2/c1-12-10-6-7-11-8-4-2-3-5-9(8)13-10/h2-7H,1H3. The van der Waals surface area contributed by atoms with Crippen molar-refractivity contribution in [2.24, 2.45) is 4.99 Å². The first-order valence-corrected chi connectivity index (χ1v) is 3.95. The van der Waals surface area contributed by atoms with Crippen LogP contribution in [0, 0.1) is 0 Å². The molecular formula is C10H9NO2. The van der Waals surface area contributed by atoms with Gasteiger partial charge in [0.2, 0.25) is 0 Å². The monoisotopic (exact) mass is 175 g/mol. The predicted octanol–water partition coefficient (Wildman–Crippen LogP) is 2.27. The van der Waals surface area contributed by atoms with Crippen molar-refractivity contribution in [2.45, 2.75) is 0 Å². The molecule has 0 aliphatic carbocycles. The molecule has 0 bridgehead atoms. The minimum Gasteiger partial charge on any atom is -0.468 e. The second kappa shape index (κ2) is 3.31. The summed E-state index contributed by atoms with van der Waals surface area (Å²) >= 11 is 0. The quantitative estimate of drug-likeness (QED) is 0.655. The molecule has 0 aromatic heterocycles. The molecule has 1 aromatic rings. The molecular weight excluding hydrogens is 166 g/mol. The van der Waals surface area contributed by atoms with Crippen LogP contribution in [0.15, 0.2) is 41.3 Å². The van der Waals surface area contributed by atoms with E-state index in [0.29, 0.717) is 11.7 Å². The van der Waals surface area contributed by atoms with Crippen molar-refractivity contribution < 1.29 is 9.47 Å². The molecule has 0 fully saturated rings. The topological polar surface area (TPSA) is 30.8 Å². The van der Waals surface area contributed by atoms with Gasteiger partial charge in [0.15, 0.2) is 5.75 Å². The summed E-state index contributed by atoms with van der Waals surface area (Å²) in [7, 11) is 1.56. The van der Waals surface area contributed by atoms with E-state index >= 15 is 0 Å². The number of hydrogen-bond acceptors (Lipinski definition) is 3. The molecule has 0 N–H and O–H groups in total. The van der Waals surface area contributed by atoms with Crippen molar-refractivity contribution >= 4 is 11.9 Å². The van der Waals surface area contributed by atoms with Gasteiger partial charge in [-0.1, -0.05) is 12.1 Å². The Labute approximate surface area is 76.3 Å². The summed E-state index contributed by atoms with van der Waals surface area (Å²) in [6, 6.07) is 7.55. The summed E-state index contributed by atoms with van der Waals surface area (Å²) < 4.78 is 10.4. The van der Waals surface area contributed by atoms with Gasteiger partial charge in [0.25, 0.3) is 5.95 Å². The van der Waals surface area contributed by atoms with Crippen LogP contribution in [0.2, 0.25) is 0 Å². The van der Waals surface area contributed by atoms with Gasteiger partial charge in [-0.25, -0.2) is 0 Å². The highest BCUT2D eigenvalue weighted by Crippen LogP contribution is 2.29. The lowest BCUT2D eigenvalue weighted by molar-refractivity contribution is 0.153. The number of allylic oxidation sites excluding steroid dienone is 1. The zero-order valence-electron chi connectivity index (χ0n) is 7.23. The van der Waals surface area contributed by atoms with Crippen LogP contribution < -0.4 is 4.74 Å². The lowest BCUT2D eigenvalue weighted by Crippen LogP contribution is -1.96. The van der Waals surface area contributed by atoms with Gasteiger partial charge in [-0.15, -0.1) is 0 Å². The maximum atomic E-state index is 5.42. The second-order valence-corrected chi connectivity index (χ2v) is 2.54. The smallest absolute Gasteiger partial charge is 0.286 e. The van der Waals surface area contributed by atoms with E-state index < -0.39 is 0 Å². The molecule has 0 unspecified atom stereocenters. The average Bonchev–Trinajstić information content (AvgIpc) is 2.38. The Hall–Kier alpha value is -1.77. The van der Waals surface area contributed by atoms with Crippen LogP contribution in [0.3, 0.4) is 0 Å². The summed E-state index contributed by atoms with van der Waals surface area (Å²) in [4.78, 5) is 4.18. The van der Waals surface area contributed by atoms with E-state index in [2.05, 4.69) is 4.99 Å². The van der Waals surface area contributed by atoms with Crippen LogP contribution in [0.4, 0.5) is 5.69 Å². The van der Waals surface area contributed by atoms with E-state index in [9.17, 15) is 0 Å². The maximum Gasteiger partial charge on any atom is 0.286 e. The Morgan fingerprint density at radius 1 is 1.31 bits per heavy atom. The van der Waals surface area contributed by atoms with Crippen LogP contribution in [0.25, 0.3) is 0 Å². The summed E-state index contributed by atoms with van der Waals surface area (Å²) in [6.07, 6.45) is 3.34. The number of aliphatic imine (C=N–C) groups is 1. The SMILES string of the molecule is COC1=CC=Nc2ccccc2O1. The first-order chi connectivity index (χ1) is 6.40. The zero-order valence-corrected chi connectivity index (χ0v) is 7.23. The summed E-state index contributed by atoms with van der Waals surface area (Å²) in [6.45, 7) is 0. The third-order valence-corrected chi connectivity index (χ3v) is 1.70. The van der Waals surface area contributed by atoms with E-state index in [4.69, 9.17) is 9.47 Å². The van der Waals surface area contributed by atoms with Crippen LogP contribution in [0.1, 0.15) is 0 Å². The number of hydrogen-bond donors (Lipinski definition) is 0. The number of methoxy groups -OCH3 is 1. The van der Waals surface area contributed by atoms with Crippen molar-refractivity contribution in [1.29, 1.82) is 0 Å². The average molecular weight is 175 g/mol. The van der Waals surface area contributed by atoms with E-state index in [1.54, 1.807) is 19.4 Å². The van der Waals surface area contributed by atoms with Crippen molar-refractivity contribution in [3.8, 4) is 5.75 Å². The fourth-order valence-corrected chi connectivity index (χ4v) is 1.08. The molecule has 0 saturated heterocycles. The minimum atomic E-state index is 0.453. The Balaban J connectivity index is 2.40. The zero-order chi connectivity index (χ0) is 9.10. The largest absolute Gasteiger partial charge is 0.468 e. The maximum absolute atomic E-state index is 5.42. The highest BCUT2D eigenvalue weighted by Gasteiger charge is 2.06. The molecule has 2 rings (SSSR count). The van der Waals surface area contributed by atoms with Crippen molar-refractivity contribution in [3.05, 3.63) is 36.3 Å². The van der Waals surface area contributed by atoms with Gasteiger partial charge in [0.1, 0.15) is 5.69 Å². The highest BCUT2D eigenvalue weighted by atomic mass is 16.7. The highest BCUT2D eigenvalue weighted by molar-refractivity contribution is 5.77. The Kier molecular flexibility index (Phi) is 2.00. The molecule has 3 nitrogen and oxygen atoms in total. The number of nitrogens with zero attached hydrogens (tertiary/aromatic N) is 1. The Morgan fingerprint density at radius 3 is 3.00 bits per heavy atom. The second-order valence-electron chi connectivity index (χ2n) is 2.54. The number of ether oxygens (including phenoxy) is 2. The number of fused-ring (bicyclic) bond motifs is 1. The van der Waals surface area contributed by atoms with Crippen LogP contribution in [0.5, 0.6) is 5.75 Å². The molecule has 0 spiro atoms. The van der Waals surface area contributed by atoms with E-state index in [1.165, 1.54) is 0 Å². The molecule has 0 radical (unpaired) electrons. The van der Waals surface area contributed by atoms with Crippen LogP contribution in [-0.4, -0.2) is 13.3 Å². The molecule has 0 atom stereocenters. The number of rotatable bonds is 1. The van der Waals surface area contributed by atoms with E-state index in [1.807, 2.05) is 24.3 Å². The number of benzene rings is 1. The molecule has 1 aliphatic rings. The molecule has 1 aliphatic heterocycles. The number of para-hydroxylation sites is 2. The van der Waals surface area contributed by atoms with Gasteiger partial charge in [0.05, 0.1) is 7.11 Å². The molecule has 1 heterocycles. The van der Waals surface area contributed by atoms with Crippen molar-refractivity contribution in [3.63, 3.8) is 0 Å². The van der Waals surface area contributed by atoms with Crippen molar-refractivity contribution in [2.75, 3.05) is 7.11 Å². The van der Waals surface area contributed by atoms with Crippen LogP contribution >= 0.6 is 0 Å². The minimum absolute atomic E-state index is 0.453. The summed E-state index contributed by atoms with van der Waals surface area (Å²) in [5, 5.41) is 0. The first-order valence-electron chi connectivity index (χ1n) is 3.95. The van der Waals surface area contributed by atoms with Crippen LogP contribution in [-0.2, 0) is 4.74 Å². The molecule has 1 aromatic carbocycles. The fraction of sp³-hybridized carbons (Fsp3) is 0.100. The predicted molar refractivity (Wildman–Crippen MR) is 50.3 cm³/mol. The van der Waals surface area contributed by atoms with E-state index in [-0.39, 0.29) is 0 Å². The summed E-state index contributed by atoms with van der Waals surface area (Å²) in [5.41, 5.74) is 0.811. The summed E-state index contributed by atoms with van der Waals surface area (Å²) in [5.74, 6) is 1.16. The lowest BCUT2D eigenvalue weighted by Gasteiger charge is -2.07. The molecule has 0 saturated carbocycles. The van der Waals surface area contributed by atoms with Gasteiger partial charge >= 0.3 is 0 Å². The third kappa shape index (κ3) is 1.54. The Bertz CT molecular complexity index is 369. The normalized spacial score (nSPS) is 13.8. The van der Waals surface area contributed by atoms with Gasteiger partial charge in [0, 0.05) is 12.3 Å². The molecule has 3 heteroatoms. The van der Waals surface area contributed by atoms with E-state index in [0.717, 1.165) is 5.69 Å².